The highest BCUT2D eigenvalue weighted by Crippen LogP contribution is 2.40. The van der Waals surface area contributed by atoms with E-state index in [1.54, 1.807) is 11.9 Å². The topological polar surface area (TPSA) is 29.5 Å². The summed E-state index contributed by atoms with van der Waals surface area (Å²) < 4.78 is 5.59. The lowest BCUT2D eigenvalue weighted by Gasteiger charge is -2.10. The number of carbonyl (C=O) groups is 1. The molecule has 0 aromatic heterocycles. The molecule has 27 heavy (non-hydrogen) atoms. The second kappa shape index (κ2) is 7.12. The molecule has 1 amide bonds. The normalized spacial score (nSPS) is 14.5. The van der Waals surface area contributed by atoms with Gasteiger partial charge in [0.15, 0.2) is 0 Å². The van der Waals surface area contributed by atoms with Crippen LogP contribution in [0.25, 0.3) is 22.8 Å². The van der Waals surface area contributed by atoms with Crippen molar-refractivity contribution in [2.75, 3.05) is 18.6 Å². The van der Waals surface area contributed by atoms with Crippen LogP contribution < -0.4 is 9.64 Å². The number of nitrogens with zero attached hydrogens (tertiary/aromatic N) is 1. The summed E-state index contributed by atoms with van der Waals surface area (Å²) in [6.07, 6.45) is 1.99. The third kappa shape index (κ3) is 3.13. The van der Waals surface area contributed by atoms with Crippen LogP contribution in [0, 0.1) is 0 Å². The van der Waals surface area contributed by atoms with Crippen molar-refractivity contribution in [1.82, 2.24) is 0 Å². The van der Waals surface area contributed by atoms with Crippen molar-refractivity contribution in [3.63, 3.8) is 0 Å². The van der Waals surface area contributed by atoms with Crippen molar-refractivity contribution in [1.29, 1.82) is 0 Å². The lowest BCUT2D eigenvalue weighted by molar-refractivity contribution is -0.112. The number of anilines is 1. The number of hydrogen-bond acceptors (Lipinski definition) is 2. The number of benzene rings is 3. The number of rotatable bonds is 4. The molecular formula is C24H21NO2. The Morgan fingerprint density at radius 3 is 2.44 bits per heavy atom. The van der Waals surface area contributed by atoms with E-state index in [4.69, 9.17) is 4.74 Å². The van der Waals surface area contributed by atoms with Gasteiger partial charge in [0, 0.05) is 24.3 Å². The number of ether oxygens (including phenoxy) is 1. The van der Waals surface area contributed by atoms with Crippen molar-refractivity contribution in [3.8, 4) is 16.9 Å². The Labute approximate surface area is 159 Å². The molecule has 0 saturated heterocycles. The van der Waals surface area contributed by atoms with Crippen LogP contribution in [0.1, 0.15) is 18.1 Å². The van der Waals surface area contributed by atoms with Gasteiger partial charge in [0.2, 0.25) is 0 Å². The molecule has 0 unspecified atom stereocenters. The van der Waals surface area contributed by atoms with E-state index in [-0.39, 0.29) is 5.91 Å². The first-order valence-corrected chi connectivity index (χ1v) is 9.10. The van der Waals surface area contributed by atoms with Crippen molar-refractivity contribution >= 4 is 23.2 Å². The second-order valence-electron chi connectivity index (χ2n) is 6.49. The van der Waals surface area contributed by atoms with Gasteiger partial charge in [0.25, 0.3) is 5.91 Å². The summed E-state index contributed by atoms with van der Waals surface area (Å²) in [5.41, 5.74) is 5.81. The average Bonchev–Trinajstić information content (AvgIpc) is 2.94. The van der Waals surface area contributed by atoms with Gasteiger partial charge in [-0.15, -0.1) is 0 Å². The Kier molecular flexibility index (Phi) is 4.51. The maximum atomic E-state index is 12.9. The third-order valence-corrected chi connectivity index (χ3v) is 4.81. The van der Waals surface area contributed by atoms with Gasteiger partial charge in [-0.05, 0) is 41.8 Å². The van der Waals surface area contributed by atoms with Gasteiger partial charge in [0.1, 0.15) is 5.75 Å². The molecule has 0 atom stereocenters. The molecule has 1 aliphatic rings. The van der Waals surface area contributed by atoms with E-state index in [2.05, 4.69) is 24.3 Å². The Bertz CT molecular complexity index is 1020. The van der Waals surface area contributed by atoms with Gasteiger partial charge in [-0.1, -0.05) is 54.6 Å². The van der Waals surface area contributed by atoms with Gasteiger partial charge >= 0.3 is 0 Å². The molecule has 0 radical (unpaired) electrons. The first-order chi connectivity index (χ1) is 13.2. The summed E-state index contributed by atoms with van der Waals surface area (Å²) in [6, 6.07) is 24.2. The largest absolute Gasteiger partial charge is 0.494 e. The summed E-state index contributed by atoms with van der Waals surface area (Å²) in [5, 5.41) is 0. The van der Waals surface area contributed by atoms with Gasteiger partial charge in [0.05, 0.1) is 12.3 Å². The molecule has 3 aromatic rings. The zero-order chi connectivity index (χ0) is 18.8. The quantitative estimate of drug-likeness (QED) is 0.597. The van der Waals surface area contributed by atoms with E-state index in [9.17, 15) is 4.79 Å². The highest BCUT2D eigenvalue weighted by Gasteiger charge is 2.30. The monoisotopic (exact) mass is 355 g/mol. The standard InChI is InChI=1S/C24H21NO2/c1-3-27-19-13-14-21-22(24(26)25(2)23(21)16-19)15-18-11-7-8-12-20(18)17-9-5-4-6-10-17/h4-16H,3H2,1-2H3. The minimum absolute atomic E-state index is 0.00140. The number of likely N-dealkylation sites (N-methyl/N-ethyl adjacent to an activating group) is 1. The smallest absolute Gasteiger partial charge is 0.258 e. The van der Waals surface area contributed by atoms with Crippen LogP contribution in [0.2, 0.25) is 0 Å². The van der Waals surface area contributed by atoms with Crippen molar-refractivity contribution < 1.29 is 9.53 Å². The molecule has 0 spiro atoms. The Hall–Kier alpha value is -3.33. The maximum Gasteiger partial charge on any atom is 0.258 e. The fourth-order valence-corrected chi connectivity index (χ4v) is 3.48. The Morgan fingerprint density at radius 1 is 0.926 bits per heavy atom. The minimum Gasteiger partial charge on any atom is -0.494 e. The molecule has 0 saturated carbocycles. The van der Waals surface area contributed by atoms with Crippen LogP contribution in [-0.4, -0.2) is 19.6 Å². The molecule has 1 heterocycles. The molecule has 0 aliphatic carbocycles. The van der Waals surface area contributed by atoms with Crippen LogP contribution in [0.15, 0.2) is 72.8 Å². The minimum atomic E-state index is 0.00140. The molecule has 0 N–H and O–H groups in total. The molecule has 134 valence electrons. The molecule has 0 bridgehead atoms. The van der Waals surface area contributed by atoms with E-state index in [1.807, 2.05) is 61.5 Å². The van der Waals surface area contributed by atoms with Crippen molar-refractivity contribution in [2.45, 2.75) is 6.92 Å². The van der Waals surface area contributed by atoms with Gasteiger partial charge in [-0.3, -0.25) is 4.79 Å². The molecule has 3 nitrogen and oxygen atoms in total. The van der Waals surface area contributed by atoms with Crippen LogP contribution in [0.5, 0.6) is 5.75 Å². The van der Waals surface area contributed by atoms with Crippen LogP contribution in [0.3, 0.4) is 0 Å². The SMILES string of the molecule is CCOc1ccc2c(c1)N(C)C(=O)C2=Cc1ccccc1-c1ccccc1. The highest BCUT2D eigenvalue weighted by atomic mass is 16.5. The van der Waals surface area contributed by atoms with Crippen molar-refractivity contribution in [2.24, 2.45) is 0 Å². The van der Waals surface area contributed by atoms with E-state index in [0.29, 0.717) is 12.2 Å². The molecule has 3 aromatic carbocycles. The zero-order valence-electron chi connectivity index (χ0n) is 15.5. The third-order valence-electron chi connectivity index (χ3n) is 4.81. The molecular weight excluding hydrogens is 334 g/mol. The molecule has 1 aliphatic heterocycles. The van der Waals surface area contributed by atoms with Crippen LogP contribution in [-0.2, 0) is 4.79 Å². The summed E-state index contributed by atoms with van der Waals surface area (Å²) >= 11 is 0. The van der Waals surface area contributed by atoms with Gasteiger partial charge < -0.3 is 9.64 Å². The Balaban J connectivity index is 1.82. The van der Waals surface area contributed by atoms with E-state index in [1.165, 1.54) is 0 Å². The van der Waals surface area contributed by atoms with Crippen LogP contribution >= 0.6 is 0 Å². The lowest BCUT2D eigenvalue weighted by atomic mass is 9.96. The zero-order valence-corrected chi connectivity index (χ0v) is 15.5. The average molecular weight is 355 g/mol. The van der Waals surface area contributed by atoms with Crippen LogP contribution in [0.4, 0.5) is 5.69 Å². The second-order valence-corrected chi connectivity index (χ2v) is 6.49. The molecule has 4 rings (SSSR count). The fraction of sp³-hybridized carbons (Fsp3) is 0.125. The number of fused-ring (bicyclic) bond motifs is 1. The summed E-state index contributed by atoms with van der Waals surface area (Å²) in [6.45, 7) is 2.55. The number of carbonyl (C=O) groups excluding carboxylic acids is 1. The predicted molar refractivity (Wildman–Crippen MR) is 111 cm³/mol. The number of hydrogen-bond donors (Lipinski definition) is 0. The first kappa shape index (κ1) is 17.1. The summed E-state index contributed by atoms with van der Waals surface area (Å²) in [4.78, 5) is 14.6. The predicted octanol–water partition coefficient (Wildman–Crippen LogP) is 5.27. The van der Waals surface area contributed by atoms with E-state index < -0.39 is 0 Å². The Morgan fingerprint density at radius 2 is 1.67 bits per heavy atom. The maximum absolute atomic E-state index is 12.9. The van der Waals surface area contributed by atoms with E-state index >= 15 is 0 Å². The fourth-order valence-electron chi connectivity index (χ4n) is 3.48. The van der Waals surface area contributed by atoms with Crippen molar-refractivity contribution in [3.05, 3.63) is 83.9 Å². The lowest BCUT2D eigenvalue weighted by Crippen LogP contribution is -2.20. The highest BCUT2D eigenvalue weighted by molar-refractivity contribution is 6.35. The number of amides is 1. The van der Waals surface area contributed by atoms with Gasteiger partial charge in [-0.2, -0.15) is 0 Å². The molecule has 3 heteroatoms. The first-order valence-electron chi connectivity index (χ1n) is 9.10. The van der Waals surface area contributed by atoms with Gasteiger partial charge in [-0.25, -0.2) is 0 Å². The summed E-state index contributed by atoms with van der Waals surface area (Å²) in [5.74, 6) is 0.781. The van der Waals surface area contributed by atoms with E-state index in [0.717, 1.165) is 33.7 Å². The summed E-state index contributed by atoms with van der Waals surface area (Å²) in [7, 11) is 1.81. The molecule has 0 fully saturated rings.